The summed E-state index contributed by atoms with van der Waals surface area (Å²) in [5, 5.41) is 0. The second-order valence-electron chi connectivity index (χ2n) is 5.23. The van der Waals surface area contributed by atoms with Gasteiger partial charge in [-0.2, -0.15) is 0 Å². The summed E-state index contributed by atoms with van der Waals surface area (Å²) in [5.74, 6) is 0.662. The maximum absolute atomic E-state index is 12.3. The van der Waals surface area contributed by atoms with Gasteiger partial charge in [-0.1, -0.05) is 24.3 Å². The average Bonchev–Trinajstić information content (AvgIpc) is 2.89. The fourth-order valence-electron chi connectivity index (χ4n) is 2.58. The molecule has 2 N–H and O–H groups in total. The summed E-state index contributed by atoms with van der Waals surface area (Å²) in [5.41, 5.74) is 9.82. The lowest BCUT2D eigenvalue weighted by Gasteiger charge is -2.18. The van der Waals surface area contributed by atoms with Crippen molar-refractivity contribution in [2.45, 2.75) is 13.3 Å². The van der Waals surface area contributed by atoms with Crippen LogP contribution in [0.5, 0.6) is 5.75 Å². The SMILES string of the molecule is Cc1cc2c(cc1N)N(C(=O)COc1ccccc1)CC2. The first-order valence-electron chi connectivity index (χ1n) is 7.02. The van der Waals surface area contributed by atoms with Crippen molar-refractivity contribution in [3.05, 3.63) is 53.6 Å². The molecule has 0 aromatic heterocycles. The Morgan fingerprint density at radius 1 is 1.29 bits per heavy atom. The number of carbonyl (C=O) groups is 1. The van der Waals surface area contributed by atoms with E-state index in [4.69, 9.17) is 10.5 Å². The minimum absolute atomic E-state index is 0.0389. The molecule has 3 rings (SSSR count). The third kappa shape index (κ3) is 2.70. The molecule has 1 heterocycles. The van der Waals surface area contributed by atoms with E-state index < -0.39 is 0 Å². The van der Waals surface area contributed by atoms with Gasteiger partial charge in [0.2, 0.25) is 0 Å². The number of amides is 1. The van der Waals surface area contributed by atoms with E-state index in [0.717, 1.165) is 23.4 Å². The van der Waals surface area contributed by atoms with E-state index in [1.165, 1.54) is 5.56 Å². The van der Waals surface area contributed by atoms with Crippen molar-refractivity contribution in [3.63, 3.8) is 0 Å². The second-order valence-corrected chi connectivity index (χ2v) is 5.23. The summed E-state index contributed by atoms with van der Waals surface area (Å²) in [7, 11) is 0. The fourth-order valence-corrected chi connectivity index (χ4v) is 2.58. The van der Waals surface area contributed by atoms with E-state index in [2.05, 4.69) is 6.07 Å². The smallest absolute Gasteiger partial charge is 0.264 e. The zero-order chi connectivity index (χ0) is 14.8. The van der Waals surface area contributed by atoms with E-state index in [1.54, 1.807) is 4.90 Å². The number of nitrogen functional groups attached to an aromatic ring is 1. The Morgan fingerprint density at radius 2 is 2.05 bits per heavy atom. The Bertz CT molecular complexity index is 668. The molecule has 0 atom stereocenters. The zero-order valence-electron chi connectivity index (χ0n) is 12.0. The van der Waals surface area contributed by atoms with E-state index in [1.807, 2.05) is 43.3 Å². The lowest BCUT2D eigenvalue weighted by molar-refractivity contribution is -0.120. The molecule has 0 saturated carbocycles. The number of hydrogen-bond donors (Lipinski definition) is 1. The summed E-state index contributed by atoms with van der Waals surface area (Å²) < 4.78 is 5.53. The van der Waals surface area contributed by atoms with Gasteiger partial charge in [0, 0.05) is 17.9 Å². The number of nitrogens with two attached hydrogens (primary N) is 1. The minimum Gasteiger partial charge on any atom is -0.484 e. The normalized spacial score (nSPS) is 13.1. The number of fused-ring (bicyclic) bond motifs is 1. The molecule has 0 unspecified atom stereocenters. The molecule has 108 valence electrons. The predicted molar refractivity (Wildman–Crippen MR) is 83.6 cm³/mol. The summed E-state index contributed by atoms with van der Waals surface area (Å²) in [6.07, 6.45) is 0.869. The van der Waals surface area contributed by atoms with Crippen molar-refractivity contribution in [1.82, 2.24) is 0 Å². The molecule has 21 heavy (non-hydrogen) atoms. The lowest BCUT2D eigenvalue weighted by Crippen LogP contribution is -2.33. The van der Waals surface area contributed by atoms with Crippen molar-refractivity contribution >= 4 is 17.3 Å². The highest BCUT2D eigenvalue weighted by atomic mass is 16.5. The first kappa shape index (κ1) is 13.5. The van der Waals surface area contributed by atoms with Crippen LogP contribution in [0.1, 0.15) is 11.1 Å². The maximum atomic E-state index is 12.3. The number of para-hydroxylation sites is 1. The molecule has 2 aromatic rings. The third-order valence-electron chi connectivity index (χ3n) is 3.77. The van der Waals surface area contributed by atoms with Gasteiger partial charge in [0.05, 0.1) is 0 Å². The number of benzene rings is 2. The van der Waals surface area contributed by atoms with Crippen molar-refractivity contribution in [1.29, 1.82) is 0 Å². The van der Waals surface area contributed by atoms with Crippen molar-refractivity contribution < 1.29 is 9.53 Å². The van der Waals surface area contributed by atoms with Gasteiger partial charge in [-0.05, 0) is 42.7 Å². The largest absolute Gasteiger partial charge is 0.484 e. The molecular weight excluding hydrogens is 264 g/mol. The molecule has 4 nitrogen and oxygen atoms in total. The molecule has 2 aromatic carbocycles. The third-order valence-corrected chi connectivity index (χ3v) is 3.77. The van der Waals surface area contributed by atoms with Crippen LogP contribution in [0.15, 0.2) is 42.5 Å². The van der Waals surface area contributed by atoms with Gasteiger partial charge >= 0.3 is 0 Å². The number of hydrogen-bond acceptors (Lipinski definition) is 3. The van der Waals surface area contributed by atoms with E-state index in [0.29, 0.717) is 12.3 Å². The molecule has 0 radical (unpaired) electrons. The zero-order valence-corrected chi connectivity index (χ0v) is 12.0. The van der Waals surface area contributed by atoms with Crippen LogP contribution in [0.4, 0.5) is 11.4 Å². The molecule has 4 heteroatoms. The predicted octanol–water partition coefficient (Wildman–Crippen LogP) is 2.55. The highest BCUT2D eigenvalue weighted by Gasteiger charge is 2.25. The van der Waals surface area contributed by atoms with Gasteiger partial charge < -0.3 is 15.4 Å². The van der Waals surface area contributed by atoms with Crippen LogP contribution >= 0.6 is 0 Å². The molecule has 0 aliphatic carbocycles. The maximum Gasteiger partial charge on any atom is 0.264 e. The van der Waals surface area contributed by atoms with Gasteiger partial charge in [0.25, 0.3) is 5.91 Å². The fraction of sp³-hybridized carbons (Fsp3) is 0.235. The van der Waals surface area contributed by atoms with Crippen LogP contribution in [-0.4, -0.2) is 19.1 Å². The molecule has 0 spiro atoms. The van der Waals surface area contributed by atoms with Crippen LogP contribution in [-0.2, 0) is 11.2 Å². The minimum atomic E-state index is -0.0409. The Morgan fingerprint density at radius 3 is 2.81 bits per heavy atom. The van der Waals surface area contributed by atoms with Gasteiger partial charge in [-0.25, -0.2) is 0 Å². The Balaban J connectivity index is 1.72. The van der Waals surface area contributed by atoms with Crippen LogP contribution in [0, 0.1) is 6.92 Å². The first-order chi connectivity index (χ1) is 10.1. The number of carbonyl (C=O) groups excluding carboxylic acids is 1. The number of aryl methyl sites for hydroxylation is 1. The van der Waals surface area contributed by atoms with Crippen LogP contribution in [0.3, 0.4) is 0 Å². The average molecular weight is 282 g/mol. The quantitative estimate of drug-likeness (QED) is 0.880. The topological polar surface area (TPSA) is 55.6 Å². The Kier molecular flexibility index (Phi) is 3.52. The summed E-state index contributed by atoms with van der Waals surface area (Å²) >= 11 is 0. The highest BCUT2D eigenvalue weighted by Crippen LogP contribution is 2.32. The summed E-state index contributed by atoms with van der Waals surface area (Å²) in [4.78, 5) is 14.1. The number of ether oxygens (including phenoxy) is 1. The molecule has 1 aliphatic rings. The number of nitrogens with zero attached hydrogens (tertiary/aromatic N) is 1. The van der Waals surface area contributed by atoms with Gasteiger partial charge in [-0.15, -0.1) is 0 Å². The number of anilines is 2. The van der Waals surface area contributed by atoms with Crippen molar-refractivity contribution in [2.24, 2.45) is 0 Å². The van der Waals surface area contributed by atoms with E-state index in [9.17, 15) is 4.79 Å². The Labute approximate surface area is 124 Å². The van der Waals surface area contributed by atoms with Crippen LogP contribution < -0.4 is 15.4 Å². The monoisotopic (exact) mass is 282 g/mol. The van der Waals surface area contributed by atoms with Crippen molar-refractivity contribution in [2.75, 3.05) is 23.8 Å². The molecule has 1 amide bonds. The van der Waals surface area contributed by atoms with Gasteiger partial charge in [0.1, 0.15) is 5.75 Å². The first-order valence-corrected chi connectivity index (χ1v) is 7.02. The summed E-state index contributed by atoms with van der Waals surface area (Å²) in [6, 6.07) is 13.3. The second kappa shape index (κ2) is 5.48. The lowest BCUT2D eigenvalue weighted by atomic mass is 10.1. The van der Waals surface area contributed by atoms with Gasteiger partial charge in [0.15, 0.2) is 6.61 Å². The summed E-state index contributed by atoms with van der Waals surface area (Å²) in [6.45, 7) is 2.71. The molecule has 0 bridgehead atoms. The standard InChI is InChI=1S/C17H18N2O2/c1-12-9-13-7-8-19(16(13)10-15(12)18)17(20)11-21-14-5-3-2-4-6-14/h2-6,9-10H,7-8,11,18H2,1H3. The highest BCUT2D eigenvalue weighted by molar-refractivity contribution is 5.97. The van der Waals surface area contributed by atoms with Crippen LogP contribution in [0.25, 0.3) is 0 Å². The van der Waals surface area contributed by atoms with E-state index >= 15 is 0 Å². The molecule has 1 aliphatic heterocycles. The van der Waals surface area contributed by atoms with E-state index in [-0.39, 0.29) is 12.5 Å². The molecular formula is C17H18N2O2. The van der Waals surface area contributed by atoms with Crippen LogP contribution in [0.2, 0.25) is 0 Å². The molecule has 0 saturated heterocycles. The Hall–Kier alpha value is -2.49. The number of rotatable bonds is 3. The van der Waals surface area contributed by atoms with Crippen molar-refractivity contribution in [3.8, 4) is 5.75 Å². The molecule has 0 fully saturated rings. The van der Waals surface area contributed by atoms with Gasteiger partial charge in [-0.3, -0.25) is 4.79 Å².